The van der Waals surface area contributed by atoms with E-state index < -0.39 is 9.84 Å². The molecule has 6 nitrogen and oxygen atoms in total. The number of benzene rings is 2. The van der Waals surface area contributed by atoms with Gasteiger partial charge in [-0.3, -0.25) is 4.79 Å². The summed E-state index contributed by atoms with van der Waals surface area (Å²) in [6, 6.07) is 14.6. The molecule has 2 saturated heterocycles. The average Bonchev–Trinajstić information content (AvgIpc) is 3.12. The Labute approximate surface area is 184 Å². The van der Waals surface area contributed by atoms with Crippen LogP contribution in [0.2, 0.25) is 5.02 Å². The fourth-order valence-corrected chi connectivity index (χ4v) is 7.48. The van der Waals surface area contributed by atoms with Crippen LogP contribution in [0, 0.1) is 6.92 Å². The lowest BCUT2D eigenvalue weighted by Crippen LogP contribution is -2.33. The number of hydrazone groups is 1. The number of halogens is 1. The van der Waals surface area contributed by atoms with Crippen LogP contribution < -0.4 is 0 Å². The number of carbonyl (C=O) groups excluding carboxylic acids is 1. The van der Waals surface area contributed by atoms with Crippen molar-refractivity contribution in [2.75, 3.05) is 11.5 Å². The van der Waals surface area contributed by atoms with Crippen LogP contribution in [0.4, 0.5) is 0 Å². The highest BCUT2D eigenvalue weighted by Gasteiger charge is 2.49. The van der Waals surface area contributed by atoms with Gasteiger partial charge in [-0.25, -0.2) is 13.4 Å². The Bertz CT molecular complexity index is 1130. The molecule has 2 atom stereocenters. The van der Waals surface area contributed by atoms with Crippen LogP contribution in [-0.4, -0.2) is 53.5 Å². The van der Waals surface area contributed by atoms with Crippen molar-refractivity contribution in [3.63, 3.8) is 0 Å². The third-order valence-electron chi connectivity index (χ3n) is 4.90. The maximum atomic E-state index is 12.6. The quantitative estimate of drug-likeness (QED) is 0.652. The van der Waals surface area contributed by atoms with Crippen molar-refractivity contribution in [2.45, 2.75) is 24.6 Å². The van der Waals surface area contributed by atoms with E-state index in [1.165, 1.54) is 11.8 Å². The van der Waals surface area contributed by atoms with E-state index in [9.17, 15) is 13.2 Å². The zero-order valence-electron chi connectivity index (χ0n) is 16.2. The molecule has 0 saturated carbocycles. The summed E-state index contributed by atoms with van der Waals surface area (Å²) in [6.45, 7) is 1.97. The van der Waals surface area contributed by atoms with E-state index in [1.54, 1.807) is 23.4 Å². The molecule has 2 heterocycles. The fourth-order valence-electron chi connectivity index (χ4n) is 3.50. The predicted octanol–water partition coefficient (Wildman–Crippen LogP) is 3.32. The highest BCUT2D eigenvalue weighted by Crippen LogP contribution is 2.38. The van der Waals surface area contributed by atoms with Crippen molar-refractivity contribution < 1.29 is 13.2 Å². The molecule has 0 radical (unpaired) electrons. The van der Waals surface area contributed by atoms with E-state index in [-0.39, 0.29) is 35.1 Å². The maximum absolute atomic E-state index is 12.6. The minimum Gasteiger partial charge on any atom is -0.272 e. The van der Waals surface area contributed by atoms with E-state index in [0.717, 1.165) is 16.7 Å². The van der Waals surface area contributed by atoms with Crippen molar-refractivity contribution >= 4 is 50.5 Å². The highest BCUT2D eigenvalue weighted by atomic mass is 35.5. The van der Waals surface area contributed by atoms with Crippen molar-refractivity contribution in [3.8, 4) is 0 Å². The molecule has 0 aromatic heterocycles. The zero-order valence-corrected chi connectivity index (χ0v) is 18.6. The highest BCUT2D eigenvalue weighted by molar-refractivity contribution is 8.15. The van der Waals surface area contributed by atoms with Gasteiger partial charge in [0.2, 0.25) is 0 Å². The molecule has 2 aromatic carbocycles. The van der Waals surface area contributed by atoms with Crippen LogP contribution in [0.5, 0.6) is 0 Å². The number of thioether (sulfide) groups is 1. The predicted molar refractivity (Wildman–Crippen MR) is 122 cm³/mol. The molecule has 0 spiro atoms. The Kier molecular flexibility index (Phi) is 5.99. The number of nitrogens with zero attached hydrogens (tertiary/aromatic N) is 3. The van der Waals surface area contributed by atoms with Gasteiger partial charge in [0.05, 0.1) is 35.4 Å². The number of rotatable bonds is 4. The molecule has 1 amide bonds. The summed E-state index contributed by atoms with van der Waals surface area (Å²) in [4.78, 5) is 16.8. The summed E-state index contributed by atoms with van der Waals surface area (Å²) < 4.78 is 24.2. The lowest BCUT2D eigenvalue weighted by molar-refractivity contribution is -0.117. The first kappa shape index (κ1) is 21.1. The molecule has 2 aliphatic rings. The zero-order chi connectivity index (χ0) is 21.3. The van der Waals surface area contributed by atoms with Gasteiger partial charge in [-0.2, -0.15) is 10.1 Å². The monoisotopic (exact) mass is 461 g/mol. The number of hydrogen-bond acceptors (Lipinski definition) is 5. The maximum Gasteiger partial charge on any atom is 0.252 e. The smallest absolute Gasteiger partial charge is 0.252 e. The topological polar surface area (TPSA) is 79.2 Å². The number of amides is 1. The largest absolute Gasteiger partial charge is 0.272 e. The minimum atomic E-state index is -3.13. The Morgan fingerprint density at radius 3 is 2.73 bits per heavy atom. The van der Waals surface area contributed by atoms with Gasteiger partial charge in [0.1, 0.15) is 0 Å². The molecule has 0 unspecified atom stereocenters. The molecule has 9 heteroatoms. The first-order chi connectivity index (χ1) is 14.3. The summed E-state index contributed by atoms with van der Waals surface area (Å²) in [5, 5.41) is 6.96. The summed E-state index contributed by atoms with van der Waals surface area (Å²) in [5.41, 5.74) is 2.79. The lowest BCUT2D eigenvalue weighted by atomic mass is 10.1. The van der Waals surface area contributed by atoms with Crippen LogP contribution >= 0.6 is 23.4 Å². The number of aliphatic imine (C=N–C) groups is 1. The fraction of sp³-hybridized carbons (Fsp3) is 0.286. The minimum absolute atomic E-state index is 0.00765. The second kappa shape index (κ2) is 8.53. The van der Waals surface area contributed by atoms with Crippen molar-refractivity contribution in [1.29, 1.82) is 0 Å². The summed E-state index contributed by atoms with van der Waals surface area (Å²) >= 11 is 7.23. The summed E-state index contributed by atoms with van der Waals surface area (Å²) in [5.74, 6) is -0.202. The molecule has 2 aliphatic heterocycles. The summed E-state index contributed by atoms with van der Waals surface area (Å²) in [7, 11) is -3.13. The van der Waals surface area contributed by atoms with Gasteiger partial charge in [-0.05, 0) is 30.2 Å². The average molecular weight is 462 g/mol. The molecular formula is C21H20ClN3O3S2. The molecule has 0 bridgehead atoms. The van der Waals surface area contributed by atoms with E-state index in [0.29, 0.717) is 10.2 Å². The van der Waals surface area contributed by atoms with Gasteiger partial charge in [-0.15, -0.1) is 0 Å². The molecular weight excluding hydrogens is 442 g/mol. The molecule has 156 valence electrons. The molecule has 30 heavy (non-hydrogen) atoms. The van der Waals surface area contributed by atoms with E-state index in [1.807, 2.05) is 43.3 Å². The Hall–Kier alpha value is -2.16. The Morgan fingerprint density at radius 1 is 1.23 bits per heavy atom. The molecule has 2 aromatic rings. The molecule has 0 N–H and O–H groups in total. The van der Waals surface area contributed by atoms with Crippen molar-refractivity contribution in [1.82, 2.24) is 5.01 Å². The van der Waals surface area contributed by atoms with Gasteiger partial charge in [0.25, 0.3) is 5.91 Å². The van der Waals surface area contributed by atoms with Crippen LogP contribution in [-0.2, 0) is 21.1 Å². The number of sulfone groups is 1. The molecule has 2 fully saturated rings. The lowest BCUT2D eigenvalue weighted by Gasteiger charge is -2.18. The van der Waals surface area contributed by atoms with E-state index in [2.05, 4.69) is 10.1 Å². The Morgan fingerprint density at radius 2 is 2.00 bits per heavy atom. The number of aryl methyl sites for hydroxylation is 1. The second-order valence-corrected chi connectivity index (χ2v) is 11.2. The Balaban J connectivity index is 1.57. The van der Waals surface area contributed by atoms with E-state index >= 15 is 0 Å². The number of fused-ring (bicyclic) bond motifs is 1. The standard InChI is InChI=1S/C21H20ClN3O3S2/c1-14-3-2-4-16(9-14)10-20(26)24-21-25(18-12-30(27,28)13-19(18)29-21)23-11-15-5-7-17(22)8-6-15/h2-9,11,18-19H,10,12-13H2,1H3/b23-11-,24-21?/t18-,19+/m0/s1. The van der Waals surface area contributed by atoms with Gasteiger partial charge < -0.3 is 0 Å². The first-order valence-electron chi connectivity index (χ1n) is 9.42. The third-order valence-corrected chi connectivity index (χ3v) is 8.35. The SMILES string of the molecule is Cc1cccc(CC(=O)N=C2S[C@@H]3CS(=O)(=O)C[C@@H]3N2/N=C\c2ccc(Cl)cc2)c1. The normalized spacial score (nSPS) is 23.9. The van der Waals surface area contributed by atoms with E-state index in [4.69, 9.17) is 11.6 Å². The molecule has 4 rings (SSSR count). The number of carbonyl (C=O) groups is 1. The third kappa shape index (κ3) is 4.94. The molecule has 0 aliphatic carbocycles. The number of hydrogen-bond donors (Lipinski definition) is 0. The second-order valence-electron chi connectivity index (χ2n) is 7.40. The summed E-state index contributed by atoms with van der Waals surface area (Å²) in [6.07, 6.45) is 1.82. The van der Waals surface area contributed by atoms with Crippen LogP contribution in [0.25, 0.3) is 0 Å². The number of amidine groups is 1. The van der Waals surface area contributed by atoms with Gasteiger partial charge in [-0.1, -0.05) is 65.3 Å². The van der Waals surface area contributed by atoms with Gasteiger partial charge in [0.15, 0.2) is 15.0 Å². The van der Waals surface area contributed by atoms with Crippen LogP contribution in [0.15, 0.2) is 58.6 Å². The van der Waals surface area contributed by atoms with Gasteiger partial charge in [0, 0.05) is 5.02 Å². The first-order valence-corrected chi connectivity index (χ1v) is 12.5. The van der Waals surface area contributed by atoms with Crippen LogP contribution in [0.3, 0.4) is 0 Å². The van der Waals surface area contributed by atoms with Crippen molar-refractivity contribution in [3.05, 3.63) is 70.2 Å². The van der Waals surface area contributed by atoms with Crippen molar-refractivity contribution in [2.24, 2.45) is 10.1 Å². The van der Waals surface area contributed by atoms with Gasteiger partial charge >= 0.3 is 0 Å². The van der Waals surface area contributed by atoms with Crippen LogP contribution in [0.1, 0.15) is 16.7 Å².